The summed E-state index contributed by atoms with van der Waals surface area (Å²) in [6, 6.07) is 0. The Morgan fingerprint density at radius 2 is 2.40 bits per heavy atom. The SMILES string of the molecule is CC(C)=CCN1CCc2cncnc2C1. The molecule has 0 saturated heterocycles. The molecule has 0 aliphatic carbocycles. The first-order valence-corrected chi connectivity index (χ1v) is 5.39. The average Bonchev–Trinajstić information content (AvgIpc) is 2.26. The number of nitrogens with zero attached hydrogens (tertiary/aromatic N) is 3. The highest BCUT2D eigenvalue weighted by atomic mass is 15.1. The standard InChI is InChI=1S/C12H17N3/c1-10(2)3-5-15-6-4-11-7-13-9-14-12(11)8-15/h3,7,9H,4-6,8H2,1-2H3. The minimum Gasteiger partial charge on any atom is -0.294 e. The van der Waals surface area contributed by atoms with Gasteiger partial charge in [0.15, 0.2) is 0 Å². The van der Waals surface area contributed by atoms with Crippen LogP contribution in [0.2, 0.25) is 0 Å². The zero-order valence-electron chi connectivity index (χ0n) is 9.40. The molecule has 3 heteroatoms. The lowest BCUT2D eigenvalue weighted by molar-refractivity contribution is 0.276. The van der Waals surface area contributed by atoms with Gasteiger partial charge < -0.3 is 0 Å². The van der Waals surface area contributed by atoms with E-state index in [2.05, 4.69) is 34.8 Å². The molecule has 1 aromatic heterocycles. The van der Waals surface area contributed by atoms with Crippen LogP contribution in [-0.4, -0.2) is 28.0 Å². The van der Waals surface area contributed by atoms with E-state index >= 15 is 0 Å². The Morgan fingerprint density at radius 3 is 3.20 bits per heavy atom. The van der Waals surface area contributed by atoms with Crippen LogP contribution in [0.4, 0.5) is 0 Å². The van der Waals surface area contributed by atoms with Crippen molar-refractivity contribution in [3.05, 3.63) is 35.4 Å². The van der Waals surface area contributed by atoms with Crippen LogP contribution in [-0.2, 0) is 13.0 Å². The van der Waals surface area contributed by atoms with Gasteiger partial charge in [0, 0.05) is 25.8 Å². The average molecular weight is 203 g/mol. The Hall–Kier alpha value is -1.22. The van der Waals surface area contributed by atoms with Crippen molar-refractivity contribution in [3.63, 3.8) is 0 Å². The van der Waals surface area contributed by atoms with Crippen LogP contribution in [0.15, 0.2) is 24.2 Å². The van der Waals surface area contributed by atoms with Crippen molar-refractivity contribution >= 4 is 0 Å². The molecule has 1 aliphatic rings. The number of hydrogen-bond donors (Lipinski definition) is 0. The molecule has 1 aliphatic heterocycles. The van der Waals surface area contributed by atoms with Gasteiger partial charge in [0.1, 0.15) is 6.33 Å². The van der Waals surface area contributed by atoms with Crippen molar-refractivity contribution in [1.82, 2.24) is 14.9 Å². The summed E-state index contributed by atoms with van der Waals surface area (Å²) in [5.41, 5.74) is 3.88. The van der Waals surface area contributed by atoms with Gasteiger partial charge in [-0.25, -0.2) is 9.97 Å². The Morgan fingerprint density at radius 1 is 1.53 bits per heavy atom. The van der Waals surface area contributed by atoms with Crippen LogP contribution in [0, 0.1) is 0 Å². The molecule has 0 bridgehead atoms. The van der Waals surface area contributed by atoms with Crippen LogP contribution in [0.5, 0.6) is 0 Å². The Kier molecular flexibility index (Phi) is 3.11. The zero-order valence-corrected chi connectivity index (χ0v) is 9.40. The second-order valence-corrected chi connectivity index (χ2v) is 4.26. The Balaban J connectivity index is 2.03. The third-order valence-corrected chi connectivity index (χ3v) is 2.71. The lowest BCUT2D eigenvalue weighted by atomic mass is 10.1. The smallest absolute Gasteiger partial charge is 0.115 e. The Labute approximate surface area is 90.9 Å². The first-order chi connectivity index (χ1) is 7.25. The molecule has 0 spiro atoms. The number of hydrogen-bond acceptors (Lipinski definition) is 3. The van der Waals surface area contributed by atoms with E-state index in [4.69, 9.17) is 0 Å². The predicted octanol–water partition coefficient (Wildman–Crippen LogP) is 1.80. The van der Waals surface area contributed by atoms with Crippen LogP contribution in [0.1, 0.15) is 25.1 Å². The van der Waals surface area contributed by atoms with E-state index in [1.54, 1.807) is 6.33 Å². The monoisotopic (exact) mass is 203 g/mol. The van der Waals surface area contributed by atoms with E-state index in [1.165, 1.54) is 16.8 Å². The third-order valence-electron chi connectivity index (χ3n) is 2.71. The molecule has 0 aromatic carbocycles. The van der Waals surface area contributed by atoms with Gasteiger partial charge >= 0.3 is 0 Å². The van der Waals surface area contributed by atoms with Crippen LogP contribution in [0.25, 0.3) is 0 Å². The molecule has 2 rings (SSSR count). The molecule has 0 fully saturated rings. The van der Waals surface area contributed by atoms with Crippen molar-refractivity contribution in [2.45, 2.75) is 26.8 Å². The molecule has 0 unspecified atom stereocenters. The van der Waals surface area contributed by atoms with Gasteiger partial charge in [-0.1, -0.05) is 11.6 Å². The maximum Gasteiger partial charge on any atom is 0.115 e. The van der Waals surface area contributed by atoms with Crippen LogP contribution in [0.3, 0.4) is 0 Å². The second-order valence-electron chi connectivity index (χ2n) is 4.26. The lowest BCUT2D eigenvalue weighted by Crippen LogP contribution is -2.31. The third kappa shape index (κ3) is 2.63. The fourth-order valence-electron chi connectivity index (χ4n) is 1.77. The summed E-state index contributed by atoms with van der Waals surface area (Å²) in [5, 5.41) is 0. The molecule has 15 heavy (non-hydrogen) atoms. The van der Waals surface area contributed by atoms with Gasteiger partial charge in [0.05, 0.1) is 5.69 Å². The van der Waals surface area contributed by atoms with Crippen molar-refractivity contribution in [1.29, 1.82) is 0 Å². The number of rotatable bonds is 2. The van der Waals surface area contributed by atoms with Gasteiger partial charge in [-0.3, -0.25) is 4.90 Å². The van der Waals surface area contributed by atoms with E-state index in [0.717, 1.165) is 26.1 Å². The summed E-state index contributed by atoms with van der Waals surface area (Å²) in [5.74, 6) is 0. The quantitative estimate of drug-likeness (QED) is 0.686. The van der Waals surface area contributed by atoms with E-state index in [-0.39, 0.29) is 0 Å². The lowest BCUT2D eigenvalue weighted by Gasteiger charge is -2.26. The molecule has 0 N–H and O–H groups in total. The topological polar surface area (TPSA) is 29.0 Å². The van der Waals surface area contributed by atoms with E-state index in [9.17, 15) is 0 Å². The predicted molar refractivity (Wildman–Crippen MR) is 60.4 cm³/mol. The molecule has 80 valence electrons. The normalized spacial score (nSPS) is 15.9. The summed E-state index contributed by atoms with van der Waals surface area (Å²) < 4.78 is 0. The largest absolute Gasteiger partial charge is 0.294 e. The van der Waals surface area contributed by atoms with Crippen molar-refractivity contribution in [2.24, 2.45) is 0 Å². The zero-order chi connectivity index (χ0) is 10.7. The Bertz CT molecular complexity index is 367. The summed E-state index contributed by atoms with van der Waals surface area (Å²) in [7, 11) is 0. The highest BCUT2D eigenvalue weighted by Gasteiger charge is 2.15. The maximum atomic E-state index is 4.32. The fourth-order valence-corrected chi connectivity index (χ4v) is 1.77. The maximum absolute atomic E-state index is 4.32. The van der Waals surface area contributed by atoms with Crippen LogP contribution < -0.4 is 0 Å². The van der Waals surface area contributed by atoms with Crippen molar-refractivity contribution in [2.75, 3.05) is 13.1 Å². The van der Waals surface area contributed by atoms with Gasteiger partial charge in [-0.05, 0) is 25.8 Å². The number of allylic oxidation sites excluding steroid dienone is 1. The summed E-state index contributed by atoms with van der Waals surface area (Å²) in [4.78, 5) is 10.8. The molecule has 0 radical (unpaired) electrons. The summed E-state index contributed by atoms with van der Waals surface area (Å²) in [6.07, 6.45) is 6.93. The van der Waals surface area contributed by atoms with Crippen molar-refractivity contribution in [3.8, 4) is 0 Å². The number of aromatic nitrogens is 2. The molecule has 0 amide bonds. The molecular formula is C12H17N3. The molecule has 3 nitrogen and oxygen atoms in total. The molecule has 0 atom stereocenters. The minimum atomic E-state index is 0.960. The van der Waals surface area contributed by atoms with Gasteiger partial charge in [0.25, 0.3) is 0 Å². The van der Waals surface area contributed by atoms with E-state index in [1.807, 2.05) is 6.20 Å². The number of fused-ring (bicyclic) bond motifs is 1. The highest BCUT2D eigenvalue weighted by Crippen LogP contribution is 2.14. The summed E-state index contributed by atoms with van der Waals surface area (Å²) >= 11 is 0. The molecule has 2 heterocycles. The highest BCUT2D eigenvalue weighted by molar-refractivity contribution is 5.19. The van der Waals surface area contributed by atoms with Gasteiger partial charge in [0.2, 0.25) is 0 Å². The van der Waals surface area contributed by atoms with Gasteiger partial charge in [-0.15, -0.1) is 0 Å². The molecule has 0 saturated carbocycles. The molecular weight excluding hydrogens is 186 g/mol. The van der Waals surface area contributed by atoms with Gasteiger partial charge in [-0.2, -0.15) is 0 Å². The molecule has 1 aromatic rings. The van der Waals surface area contributed by atoms with Crippen molar-refractivity contribution < 1.29 is 0 Å². The first-order valence-electron chi connectivity index (χ1n) is 5.39. The summed E-state index contributed by atoms with van der Waals surface area (Å²) in [6.45, 7) is 7.39. The fraction of sp³-hybridized carbons (Fsp3) is 0.500. The second kappa shape index (κ2) is 4.53. The van der Waals surface area contributed by atoms with E-state index < -0.39 is 0 Å². The van der Waals surface area contributed by atoms with Crippen LogP contribution >= 0.6 is 0 Å². The van der Waals surface area contributed by atoms with E-state index in [0.29, 0.717) is 0 Å². The first kappa shape index (κ1) is 10.3. The minimum absolute atomic E-state index is 0.960.